The number of carbonyl (C=O) groups excluding carboxylic acids is 3. The Morgan fingerprint density at radius 3 is 2.60 bits per heavy atom. The standard InChI is InChI=1S/C33H36ClN3O9S2/c1-17-26(31(41)44-6)28-27-19(15-34)16-37(30(40)24-12-18-11-20(43-5)7-8-22(18)45-24)21(27)13-23(29(28)35-17)46-32(42)36(4)9-10-47-48-33(2,3)14-25(38)39/h7-8,11-13,19,35H,9-10,14-16H2,1-6H3,(H,38,39)/t19-/m1/s1. The van der Waals surface area contributed by atoms with Crippen molar-refractivity contribution >= 4 is 84.7 Å². The van der Waals surface area contributed by atoms with E-state index in [0.717, 1.165) is 0 Å². The second kappa shape index (κ2) is 14.2. The van der Waals surface area contributed by atoms with E-state index in [4.69, 9.17) is 35.3 Å². The van der Waals surface area contributed by atoms with Crippen LogP contribution in [0.15, 0.2) is 34.7 Å². The maximum absolute atomic E-state index is 14.0. The van der Waals surface area contributed by atoms with Gasteiger partial charge in [0.1, 0.15) is 11.3 Å². The molecule has 15 heteroatoms. The highest BCUT2D eigenvalue weighted by atomic mass is 35.5. The number of carbonyl (C=O) groups is 4. The van der Waals surface area contributed by atoms with Crippen LogP contribution in [0.1, 0.15) is 58.4 Å². The van der Waals surface area contributed by atoms with Gasteiger partial charge < -0.3 is 38.5 Å². The van der Waals surface area contributed by atoms with Gasteiger partial charge in [-0.15, -0.1) is 11.6 Å². The molecule has 2 N–H and O–H groups in total. The van der Waals surface area contributed by atoms with Gasteiger partial charge in [-0.05, 0) is 50.6 Å². The lowest BCUT2D eigenvalue weighted by atomic mass is 9.95. The molecule has 0 bridgehead atoms. The normalized spacial score (nSPS) is 14.3. The molecule has 0 spiro atoms. The molecule has 2 aromatic carbocycles. The number of aromatic nitrogens is 1. The SMILES string of the molecule is COC(=O)c1c(C)[nH]c2c(OC(=O)N(C)CCSSC(C)(C)CC(=O)O)cc3c(c12)[C@H](CCl)CN3C(=O)c1cc2cc(OC)ccc2o1. The summed E-state index contributed by atoms with van der Waals surface area (Å²) in [6.07, 6.45) is -0.649. The summed E-state index contributed by atoms with van der Waals surface area (Å²) >= 11 is 6.47. The number of carboxylic acid groups (broad SMARTS) is 1. The Morgan fingerprint density at radius 2 is 1.94 bits per heavy atom. The molecule has 5 rings (SSSR count). The Balaban J connectivity index is 1.49. The van der Waals surface area contributed by atoms with E-state index in [1.165, 1.54) is 38.5 Å². The number of fused-ring (bicyclic) bond motifs is 4. The minimum absolute atomic E-state index is 0.00912. The van der Waals surface area contributed by atoms with Crippen molar-refractivity contribution in [3.63, 3.8) is 0 Å². The summed E-state index contributed by atoms with van der Waals surface area (Å²) in [5.41, 5.74) is 2.75. The number of nitrogens with zero attached hydrogens (tertiary/aromatic N) is 2. The zero-order valence-corrected chi connectivity index (χ0v) is 29.7. The average Bonchev–Trinajstić information content (AvgIpc) is 3.74. The monoisotopic (exact) mass is 717 g/mol. The number of aliphatic carboxylic acids is 1. The molecule has 1 atom stereocenters. The second-order valence-electron chi connectivity index (χ2n) is 12.0. The molecule has 48 heavy (non-hydrogen) atoms. The number of halogens is 1. The quantitative estimate of drug-likeness (QED) is 0.0670. The number of carboxylic acids is 1. The maximum Gasteiger partial charge on any atom is 0.415 e. The number of anilines is 1. The van der Waals surface area contributed by atoms with Gasteiger partial charge in [-0.25, -0.2) is 9.59 Å². The molecule has 0 saturated carbocycles. The lowest BCUT2D eigenvalue weighted by molar-refractivity contribution is -0.137. The third-order valence-corrected chi connectivity index (χ3v) is 11.6. The number of alkyl halides is 1. The average molecular weight is 718 g/mol. The van der Waals surface area contributed by atoms with Gasteiger partial charge in [-0.1, -0.05) is 21.6 Å². The van der Waals surface area contributed by atoms with E-state index in [-0.39, 0.29) is 41.8 Å². The summed E-state index contributed by atoms with van der Waals surface area (Å²) in [6, 6.07) is 8.48. The van der Waals surface area contributed by atoms with E-state index in [0.29, 0.717) is 56.9 Å². The number of ether oxygens (including phenoxy) is 3. The number of H-pyrrole nitrogens is 1. The number of methoxy groups -OCH3 is 2. The van der Waals surface area contributed by atoms with Crippen molar-refractivity contribution in [1.29, 1.82) is 0 Å². The van der Waals surface area contributed by atoms with Crippen molar-refractivity contribution in [2.45, 2.75) is 37.9 Å². The van der Waals surface area contributed by atoms with Crippen LogP contribution in [-0.4, -0.2) is 89.7 Å². The number of hydrogen-bond donors (Lipinski definition) is 2. The van der Waals surface area contributed by atoms with E-state index in [1.807, 2.05) is 13.8 Å². The molecule has 0 saturated heterocycles. The first-order chi connectivity index (χ1) is 22.8. The highest BCUT2D eigenvalue weighted by Crippen LogP contribution is 2.48. The van der Waals surface area contributed by atoms with Crippen LogP contribution in [0.25, 0.3) is 21.9 Å². The molecule has 2 aromatic heterocycles. The van der Waals surface area contributed by atoms with Crippen LogP contribution in [0.4, 0.5) is 10.5 Å². The van der Waals surface area contributed by atoms with Crippen LogP contribution < -0.4 is 14.4 Å². The molecule has 0 aliphatic carbocycles. The van der Waals surface area contributed by atoms with E-state index < -0.39 is 28.7 Å². The lowest BCUT2D eigenvalue weighted by Crippen LogP contribution is -2.32. The second-order valence-corrected chi connectivity index (χ2v) is 15.4. The van der Waals surface area contributed by atoms with Crippen LogP contribution in [0.2, 0.25) is 0 Å². The van der Waals surface area contributed by atoms with E-state index in [9.17, 15) is 19.2 Å². The van der Waals surface area contributed by atoms with Crippen LogP contribution in [-0.2, 0) is 9.53 Å². The predicted octanol–water partition coefficient (Wildman–Crippen LogP) is 7.07. The highest BCUT2D eigenvalue weighted by molar-refractivity contribution is 8.77. The Kier molecular flexibility index (Phi) is 10.5. The summed E-state index contributed by atoms with van der Waals surface area (Å²) in [5.74, 6) is -0.753. The molecule has 4 aromatic rings. The molecule has 1 aliphatic heterocycles. The summed E-state index contributed by atoms with van der Waals surface area (Å²) in [4.78, 5) is 57.7. The number of benzene rings is 2. The summed E-state index contributed by atoms with van der Waals surface area (Å²) in [6.45, 7) is 5.94. The van der Waals surface area contributed by atoms with E-state index in [2.05, 4.69) is 4.98 Å². The fraction of sp³-hybridized carbons (Fsp3) is 0.394. The minimum atomic E-state index is -0.875. The summed E-state index contributed by atoms with van der Waals surface area (Å²) in [7, 11) is 7.34. The van der Waals surface area contributed by atoms with Crippen LogP contribution >= 0.6 is 33.2 Å². The zero-order chi connectivity index (χ0) is 34.9. The van der Waals surface area contributed by atoms with Crippen LogP contribution in [0.5, 0.6) is 11.5 Å². The zero-order valence-electron chi connectivity index (χ0n) is 27.3. The van der Waals surface area contributed by atoms with Gasteiger partial charge in [-0.3, -0.25) is 9.59 Å². The van der Waals surface area contributed by atoms with Crippen molar-refractivity contribution in [2.24, 2.45) is 0 Å². The number of furan rings is 1. The third-order valence-electron chi connectivity index (χ3n) is 7.98. The van der Waals surface area contributed by atoms with Gasteiger partial charge >= 0.3 is 18.0 Å². The van der Waals surface area contributed by atoms with Crippen molar-refractivity contribution in [3.05, 3.63) is 52.9 Å². The number of nitrogens with one attached hydrogen (secondary N) is 1. The fourth-order valence-electron chi connectivity index (χ4n) is 5.70. The summed E-state index contributed by atoms with van der Waals surface area (Å²) in [5, 5.41) is 10.3. The molecule has 2 amide bonds. The molecule has 256 valence electrons. The van der Waals surface area contributed by atoms with Gasteiger partial charge in [-0.2, -0.15) is 0 Å². The summed E-state index contributed by atoms with van der Waals surface area (Å²) < 4.78 is 21.8. The van der Waals surface area contributed by atoms with Gasteiger partial charge in [0.25, 0.3) is 5.91 Å². The van der Waals surface area contributed by atoms with Crippen LogP contribution in [0, 0.1) is 6.92 Å². The highest BCUT2D eigenvalue weighted by Gasteiger charge is 2.39. The first-order valence-corrected chi connectivity index (χ1v) is 17.8. The number of esters is 1. The number of aryl methyl sites for hydroxylation is 1. The maximum atomic E-state index is 14.0. The Labute approximate surface area is 289 Å². The first kappa shape index (κ1) is 35.3. The Bertz CT molecular complexity index is 1900. The Morgan fingerprint density at radius 1 is 1.19 bits per heavy atom. The third kappa shape index (κ3) is 7.06. The smallest absolute Gasteiger partial charge is 0.415 e. The molecule has 3 heterocycles. The van der Waals surface area contributed by atoms with Crippen LogP contribution in [0.3, 0.4) is 0 Å². The van der Waals surface area contributed by atoms with Crippen molar-refractivity contribution in [2.75, 3.05) is 50.9 Å². The van der Waals surface area contributed by atoms with E-state index in [1.54, 1.807) is 51.4 Å². The van der Waals surface area contributed by atoms with Crippen molar-refractivity contribution < 1.29 is 42.9 Å². The molecule has 12 nitrogen and oxygen atoms in total. The van der Waals surface area contributed by atoms with Gasteiger partial charge in [0, 0.05) is 65.0 Å². The Hall–Kier alpha value is -4.01. The number of amides is 2. The number of rotatable bonds is 12. The lowest BCUT2D eigenvalue weighted by Gasteiger charge is -2.22. The minimum Gasteiger partial charge on any atom is -0.497 e. The van der Waals surface area contributed by atoms with E-state index >= 15 is 0 Å². The van der Waals surface area contributed by atoms with Gasteiger partial charge in [0.05, 0.1) is 37.4 Å². The molecule has 0 unspecified atom stereocenters. The predicted molar refractivity (Wildman–Crippen MR) is 187 cm³/mol. The van der Waals surface area contributed by atoms with Gasteiger partial charge in [0.15, 0.2) is 11.5 Å². The van der Waals surface area contributed by atoms with Crippen molar-refractivity contribution in [3.8, 4) is 11.5 Å². The first-order valence-electron chi connectivity index (χ1n) is 15.0. The molecule has 0 radical (unpaired) electrons. The fourth-order valence-corrected chi connectivity index (χ4v) is 8.50. The van der Waals surface area contributed by atoms with Crippen molar-refractivity contribution in [1.82, 2.24) is 9.88 Å². The molecular formula is C33H36ClN3O9S2. The molecular weight excluding hydrogens is 682 g/mol. The largest absolute Gasteiger partial charge is 0.497 e. The number of hydrogen-bond acceptors (Lipinski definition) is 10. The van der Waals surface area contributed by atoms with Gasteiger partial charge in [0.2, 0.25) is 0 Å². The number of aromatic amines is 1. The molecule has 0 fully saturated rings. The molecule has 1 aliphatic rings. The topological polar surface area (TPSA) is 152 Å².